The van der Waals surface area contributed by atoms with Crippen molar-refractivity contribution in [2.45, 2.75) is 58.9 Å². The number of rotatable bonds is 2. The Bertz CT molecular complexity index is 948. The summed E-state index contributed by atoms with van der Waals surface area (Å²) in [5.74, 6) is 0. The Balaban J connectivity index is 2.16. The summed E-state index contributed by atoms with van der Waals surface area (Å²) in [5.41, 5.74) is 8.56. The van der Waals surface area contributed by atoms with Crippen LogP contribution in [-0.4, -0.2) is 0 Å². The second-order valence-corrected chi connectivity index (χ2v) is 7.71. The van der Waals surface area contributed by atoms with E-state index in [9.17, 15) is 0 Å². The molecule has 0 spiro atoms. The standard InChI is InChI=1S/C24H28N/c1-5-24(6-2)14-13-19-9-7-17(3)15-21(19)22-12-11-20-10-8-18(4)16-23(20)25(22)24/h7-12,15-16H,5-6,13-14H2,1-4H3/q+1. The largest absolute Gasteiger partial charge is 0.213 e. The van der Waals surface area contributed by atoms with Crippen molar-refractivity contribution in [3.05, 3.63) is 65.2 Å². The number of benzene rings is 2. The van der Waals surface area contributed by atoms with E-state index < -0.39 is 0 Å². The molecule has 0 bridgehead atoms. The lowest BCUT2D eigenvalue weighted by Gasteiger charge is -2.27. The third-order valence-corrected chi connectivity index (χ3v) is 6.28. The summed E-state index contributed by atoms with van der Waals surface area (Å²) in [6, 6.07) is 18.5. The maximum Gasteiger partial charge on any atom is 0.213 e. The van der Waals surface area contributed by atoms with Crippen molar-refractivity contribution in [2.24, 2.45) is 0 Å². The quantitative estimate of drug-likeness (QED) is 0.517. The van der Waals surface area contributed by atoms with Crippen molar-refractivity contribution in [2.75, 3.05) is 0 Å². The number of aromatic nitrogens is 1. The lowest BCUT2D eigenvalue weighted by Crippen LogP contribution is -2.57. The van der Waals surface area contributed by atoms with Gasteiger partial charge in [-0.05, 0) is 49.6 Å². The van der Waals surface area contributed by atoms with Gasteiger partial charge in [0, 0.05) is 42.3 Å². The topological polar surface area (TPSA) is 3.88 Å². The second-order valence-electron chi connectivity index (χ2n) is 7.71. The van der Waals surface area contributed by atoms with Crippen molar-refractivity contribution in [3.8, 4) is 11.3 Å². The molecule has 1 heteroatoms. The Morgan fingerprint density at radius 2 is 1.56 bits per heavy atom. The van der Waals surface area contributed by atoms with Gasteiger partial charge in [-0.3, -0.25) is 0 Å². The minimum atomic E-state index is 0.190. The van der Waals surface area contributed by atoms with Gasteiger partial charge < -0.3 is 0 Å². The zero-order chi connectivity index (χ0) is 17.6. The van der Waals surface area contributed by atoms with E-state index in [0.717, 1.165) is 6.42 Å². The highest BCUT2D eigenvalue weighted by atomic mass is 15.1. The first kappa shape index (κ1) is 16.3. The highest BCUT2D eigenvalue weighted by Crippen LogP contribution is 2.37. The van der Waals surface area contributed by atoms with Gasteiger partial charge in [0.2, 0.25) is 11.2 Å². The number of hydrogen-bond acceptors (Lipinski definition) is 0. The molecule has 0 radical (unpaired) electrons. The van der Waals surface area contributed by atoms with E-state index in [-0.39, 0.29) is 5.54 Å². The van der Waals surface area contributed by atoms with E-state index in [1.54, 1.807) is 0 Å². The summed E-state index contributed by atoms with van der Waals surface area (Å²) >= 11 is 0. The van der Waals surface area contributed by atoms with Crippen LogP contribution in [0.2, 0.25) is 0 Å². The Morgan fingerprint density at radius 3 is 2.32 bits per heavy atom. The molecule has 25 heavy (non-hydrogen) atoms. The summed E-state index contributed by atoms with van der Waals surface area (Å²) in [4.78, 5) is 0. The summed E-state index contributed by atoms with van der Waals surface area (Å²) in [6.07, 6.45) is 4.70. The summed E-state index contributed by atoms with van der Waals surface area (Å²) in [5, 5.41) is 1.34. The smallest absolute Gasteiger partial charge is 0.186 e. The lowest BCUT2D eigenvalue weighted by atomic mass is 9.86. The number of hydrogen-bond donors (Lipinski definition) is 0. The third-order valence-electron chi connectivity index (χ3n) is 6.28. The highest BCUT2D eigenvalue weighted by Gasteiger charge is 2.42. The van der Waals surface area contributed by atoms with E-state index in [1.165, 1.54) is 58.1 Å². The molecule has 2 aromatic carbocycles. The zero-order valence-electron chi connectivity index (χ0n) is 15.9. The van der Waals surface area contributed by atoms with Crippen molar-refractivity contribution >= 4 is 10.9 Å². The number of fused-ring (bicyclic) bond motifs is 5. The molecule has 1 nitrogen and oxygen atoms in total. The van der Waals surface area contributed by atoms with Gasteiger partial charge in [-0.2, -0.15) is 4.57 Å². The Labute approximate surface area is 151 Å². The average Bonchev–Trinajstić information content (AvgIpc) is 2.76. The van der Waals surface area contributed by atoms with Crippen LogP contribution in [0.25, 0.3) is 22.2 Å². The maximum atomic E-state index is 2.68. The number of pyridine rings is 1. The molecule has 3 aromatic rings. The van der Waals surface area contributed by atoms with Crippen LogP contribution in [0.5, 0.6) is 0 Å². The predicted molar refractivity (Wildman–Crippen MR) is 106 cm³/mol. The molecule has 0 amide bonds. The summed E-state index contributed by atoms with van der Waals surface area (Å²) in [7, 11) is 0. The molecular weight excluding hydrogens is 302 g/mol. The Morgan fingerprint density at radius 1 is 0.880 bits per heavy atom. The molecule has 128 valence electrons. The van der Waals surface area contributed by atoms with Crippen LogP contribution in [0.15, 0.2) is 48.5 Å². The van der Waals surface area contributed by atoms with Gasteiger partial charge in [0.1, 0.15) is 0 Å². The van der Waals surface area contributed by atoms with Gasteiger partial charge in [0.15, 0.2) is 5.54 Å². The van der Waals surface area contributed by atoms with Crippen LogP contribution in [0.4, 0.5) is 0 Å². The Kier molecular flexibility index (Phi) is 3.91. The first-order chi connectivity index (χ1) is 12.1. The minimum absolute atomic E-state index is 0.190. The fourth-order valence-electron chi connectivity index (χ4n) is 4.63. The summed E-state index contributed by atoms with van der Waals surface area (Å²) in [6.45, 7) is 9.12. The SMILES string of the molecule is CCC1(CC)CCc2ccc(C)cc2-c2ccc3ccc(C)cc3[n+]21. The molecule has 0 aliphatic carbocycles. The number of nitrogens with zero attached hydrogens (tertiary/aromatic N) is 1. The third kappa shape index (κ3) is 2.49. The van der Waals surface area contributed by atoms with E-state index >= 15 is 0 Å². The molecule has 0 atom stereocenters. The molecule has 0 fully saturated rings. The molecule has 4 rings (SSSR count). The van der Waals surface area contributed by atoms with Crippen LogP contribution in [0, 0.1) is 13.8 Å². The minimum Gasteiger partial charge on any atom is -0.186 e. The molecule has 1 aliphatic rings. The fourth-order valence-corrected chi connectivity index (χ4v) is 4.63. The van der Waals surface area contributed by atoms with Gasteiger partial charge in [-0.15, -0.1) is 0 Å². The van der Waals surface area contributed by atoms with Gasteiger partial charge >= 0.3 is 0 Å². The molecule has 2 heterocycles. The lowest BCUT2D eigenvalue weighted by molar-refractivity contribution is -0.734. The van der Waals surface area contributed by atoms with Crippen LogP contribution in [0.3, 0.4) is 0 Å². The van der Waals surface area contributed by atoms with Gasteiger partial charge in [0.05, 0.1) is 0 Å². The summed E-state index contributed by atoms with van der Waals surface area (Å²) < 4.78 is 2.68. The predicted octanol–water partition coefficient (Wildman–Crippen LogP) is 5.87. The van der Waals surface area contributed by atoms with Crippen molar-refractivity contribution < 1.29 is 4.57 Å². The van der Waals surface area contributed by atoms with Crippen LogP contribution in [-0.2, 0) is 12.0 Å². The molecule has 0 saturated heterocycles. The van der Waals surface area contributed by atoms with E-state index in [0.29, 0.717) is 0 Å². The Hall–Kier alpha value is -2.15. The van der Waals surface area contributed by atoms with Crippen LogP contribution in [0.1, 0.15) is 49.8 Å². The van der Waals surface area contributed by atoms with Gasteiger partial charge in [-0.25, -0.2) is 0 Å². The van der Waals surface area contributed by atoms with Crippen LogP contribution < -0.4 is 4.57 Å². The maximum absolute atomic E-state index is 2.68. The first-order valence-electron chi connectivity index (χ1n) is 9.64. The molecule has 0 N–H and O–H groups in total. The molecule has 0 unspecified atom stereocenters. The normalized spacial score (nSPS) is 15.5. The van der Waals surface area contributed by atoms with E-state index in [4.69, 9.17) is 0 Å². The van der Waals surface area contributed by atoms with Crippen LogP contribution >= 0.6 is 0 Å². The molecular formula is C24H28N+. The van der Waals surface area contributed by atoms with Gasteiger partial charge in [-0.1, -0.05) is 37.6 Å². The molecule has 1 aliphatic heterocycles. The molecule has 1 aromatic heterocycles. The van der Waals surface area contributed by atoms with Crippen molar-refractivity contribution in [3.63, 3.8) is 0 Å². The average molecular weight is 330 g/mol. The number of aryl methyl sites for hydroxylation is 3. The van der Waals surface area contributed by atoms with Gasteiger partial charge in [0.25, 0.3) is 0 Å². The highest BCUT2D eigenvalue weighted by molar-refractivity contribution is 5.79. The second kappa shape index (κ2) is 5.98. The van der Waals surface area contributed by atoms with Crippen molar-refractivity contribution in [1.82, 2.24) is 0 Å². The van der Waals surface area contributed by atoms with Crippen molar-refractivity contribution in [1.29, 1.82) is 0 Å². The zero-order valence-corrected chi connectivity index (χ0v) is 15.9. The first-order valence-corrected chi connectivity index (χ1v) is 9.64. The monoisotopic (exact) mass is 330 g/mol. The van der Waals surface area contributed by atoms with E-state index in [1.807, 2.05) is 0 Å². The van der Waals surface area contributed by atoms with E-state index in [2.05, 4.69) is 80.8 Å². The fraction of sp³-hybridized carbons (Fsp3) is 0.375. The molecule has 0 saturated carbocycles.